The van der Waals surface area contributed by atoms with E-state index in [0.29, 0.717) is 26.4 Å². The van der Waals surface area contributed by atoms with Gasteiger partial charge in [0.2, 0.25) is 0 Å². The highest BCUT2D eigenvalue weighted by Gasteiger charge is 2.18. The monoisotopic (exact) mass is 438 g/mol. The Morgan fingerprint density at radius 1 is 1.11 bits per heavy atom. The van der Waals surface area contributed by atoms with Crippen molar-refractivity contribution in [1.29, 1.82) is 0 Å². The zero-order valence-corrected chi connectivity index (χ0v) is 17.3. The van der Waals surface area contributed by atoms with Gasteiger partial charge >= 0.3 is 0 Å². The number of carbonyl (C=O) groups excluding carboxylic acids is 2. The maximum atomic E-state index is 12.4. The minimum absolute atomic E-state index is 0.264. The van der Waals surface area contributed by atoms with Crippen LogP contribution in [0.4, 0.5) is 0 Å². The number of hydrogen-bond donors (Lipinski definition) is 2. The number of thiophene rings is 1. The summed E-state index contributed by atoms with van der Waals surface area (Å²) < 4.78 is 11.4. The smallest absolute Gasteiger partial charge is 0.281 e. The Kier molecular flexibility index (Phi) is 6.28. The van der Waals surface area contributed by atoms with Gasteiger partial charge in [-0.15, -0.1) is 11.3 Å². The van der Waals surface area contributed by atoms with Crippen LogP contribution < -0.4 is 20.3 Å². The van der Waals surface area contributed by atoms with E-state index >= 15 is 0 Å². The molecule has 0 aliphatic heterocycles. The number of fused-ring (bicyclic) bond motifs is 1. The van der Waals surface area contributed by atoms with Crippen molar-refractivity contribution in [1.82, 2.24) is 10.9 Å². The quantitative estimate of drug-likeness (QED) is 0.579. The Labute approximate surface area is 175 Å². The van der Waals surface area contributed by atoms with Gasteiger partial charge in [0.25, 0.3) is 11.8 Å². The van der Waals surface area contributed by atoms with Gasteiger partial charge in [0, 0.05) is 15.1 Å². The van der Waals surface area contributed by atoms with E-state index in [9.17, 15) is 9.59 Å². The standard InChI is InChI=1S/C19H16Cl2N2O4S/c1-10-7-11(20)3-6-14(10)27-9-16(24)22-23-19(25)18-17(21)13-5-4-12(26-2)8-15(13)28-18/h3-8H,9H2,1-2H3,(H,22,24)(H,23,25). The SMILES string of the molecule is COc1ccc2c(Cl)c(C(=O)NNC(=O)COc3ccc(Cl)cc3C)sc2c1. The number of hydrazine groups is 1. The molecular weight excluding hydrogens is 423 g/mol. The number of carbonyl (C=O) groups is 2. The van der Waals surface area contributed by atoms with Crippen LogP contribution in [-0.4, -0.2) is 25.5 Å². The first kappa shape index (κ1) is 20.3. The summed E-state index contributed by atoms with van der Waals surface area (Å²) in [5.74, 6) is 0.176. The number of hydrogen-bond acceptors (Lipinski definition) is 5. The Morgan fingerprint density at radius 3 is 2.61 bits per heavy atom. The minimum atomic E-state index is -0.513. The molecule has 0 aliphatic carbocycles. The predicted octanol–water partition coefficient (Wildman–Crippen LogP) is 4.37. The summed E-state index contributed by atoms with van der Waals surface area (Å²) in [5, 5.41) is 1.65. The fourth-order valence-corrected chi connectivity index (χ4v) is 4.12. The van der Waals surface area contributed by atoms with Crippen molar-refractivity contribution >= 4 is 56.4 Å². The summed E-state index contributed by atoms with van der Waals surface area (Å²) in [6, 6.07) is 10.4. The lowest BCUT2D eigenvalue weighted by Gasteiger charge is -2.10. The molecule has 0 unspecified atom stereocenters. The molecule has 28 heavy (non-hydrogen) atoms. The number of aryl methyl sites for hydroxylation is 1. The van der Waals surface area contributed by atoms with Gasteiger partial charge in [-0.25, -0.2) is 0 Å². The average molecular weight is 439 g/mol. The molecule has 0 fully saturated rings. The van der Waals surface area contributed by atoms with Crippen LogP contribution in [-0.2, 0) is 4.79 Å². The number of halogens is 2. The second-order valence-electron chi connectivity index (χ2n) is 5.81. The first-order valence-corrected chi connectivity index (χ1v) is 9.70. The van der Waals surface area contributed by atoms with Gasteiger partial charge in [-0.3, -0.25) is 20.4 Å². The molecule has 6 nitrogen and oxygen atoms in total. The van der Waals surface area contributed by atoms with Crippen molar-refractivity contribution in [3.8, 4) is 11.5 Å². The molecule has 2 amide bonds. The lowest BCUT2D eigenvalue weighted by Crippen LogP contribution is -2.43. The number of benzene rings is 2. The van der Waals surface area contributed by atoms with Crippen LogP contribution in [0.5, 0.6) is 11.5 Å². The van der Waals surface area contributed by atoms with Crippen LogP contribution in [0, 0.1) is 6.92 Å². The van der Waals surface area contributed by atoms with Gasteiger partial charge in [-0.05, 0) is 48.9 Å². The third kappa shape index (κ3) is 4.49. The highest BCUT2D eigenvalue weighted by molar-refractivity contribution is 7.21. The molecule has 0 bridgehead atoms. The van der Waals surface area contributed by atoms with Crippen LogP contribution in [0.2, 0.25) is 10.0 Å². The molecule has 0 saturated heterocycles. The summed E-state index contributed by atoms with van der Waals surface area (Å²) in [7, 11) is 1.56. The average Bonchev–Trinajstić information content (AvgIpc) is 3.01. The van der Waals surface area contributed by atoms with E-state index in [0.717, 1.165) is 15.6 Å². The molecule has 0 aliphatic rings. The van der Waals surface area contributed by atoms with Gasteiger partial charge in [0.1, 0.15) is 16.4 Å². The molecular formula is C19H16Cl2N2O4S. The fourth-order valence-electron chi connectivity index (χ4n) is 2.46. The molecule has 0 atom stereocenters. The summed E-state index contributed by atoms with van der Waals surface area (Å²) >= 11 is 13.4. The maximum Gasteiger partial charge on any atom is 0.281 e. The van der Waals surface area contributed by atoms with Gasteiger partial charge in [-0.2, -0.15) is 0 Å². The minimum Gasteiger partial charge on any atom is -0.497 e. The number of ether oxygens (including phenoxy) is 2. The van der Waals surface area contributed by atoms with Crippen LogP contribution >= 0.6 is 34.5 Å². The molecule has 2 aromatic carbocycles. The van der Waals surface area contributed by atoms with E-state index in [1.54, 1.807) is 43.5 Å². The maximum absolute atomic E-state index is 12.4. The number of nitrogens with one attached hydrogen (secondary N) is 2. The molecule has 0 spiro atoms. The molecule has 2 N–H and O–H groups in total. The van der Waals surface area contributed by atoms with Gasteiger partial charge in [0.05, 0.1) is 12.1 Å². The molecule has 3 aromatic rings. The van der Waals surface area contributed by atoms with Crippen LogP contribution in [0.3, 0.4) is 0 Å². The first-order valence-electron chi connectivity index (χ1n) is 8.13. The zero-order chi connectivity index (χ0) is 20.3. The third-order valence-electron chi connectivity index (χ3n) is 3.85. The Balaban J connectivity index is 1.59. The van der Waals surface area contributed by atoms with Gasteiger partial charge in [-0.1, -0.05) is 23.2 Å². The van der Waals surface area contributed by atoms with E-state index in [1.165, 1.54) is 11.3 Å². The predicted molar refractivity (Wildman–Crippen MR) is 111 cm³/mol. The topological polar surface area (TPSA) is 76.7 Å². The Morgan fingerprint density at radius 2 is 1.89 bits per heavy atom. The highest BCUT2D eigenvalue weighted by atomic mass is 35.5. The van der Waals surface area contributed by atoms with Crippen molar-refractivity contribution in [2.45, 2.75) is 6.92 Å². The summed E-state index contributed by atoms with van der Waals surface area (Å²) in [6.45, 7) is 1.56. The van der Waals surface area contributed by atoms with E-state index in [4.69, 9.17) is 32.7 Å². The molecule has 3 rings (SSSR count). The number of rotatable bonds is 5. The first-order chi connectivity index (χ1) is 13.4. The van der Waals surface area contributed by atoms with Gasteiger partial charge < -0.3 is 9.47 Å². The van der Waals surface area contributed by atoms with Crippen LogP contribution in [0.15, 0.2) is 36.4 Å². The lowest BCUT2D eigenvalue weighted by molar-refractivity contribution is -0.123. The summed E-state index contributed by atoms with van der Waals surface area (Å²) in [5.41, 5.74) is 5.46. The van der Waals surface area contributed by atoms with E-state index in [-0.39, 0.29) is 6.61 Å². The molecule has 146 valence electrons. The normalized spacial score (nSPS) is 10.6. The van der Waals surface area contributed by atoms with Crippen LogP contribution in [0.25, 0.3) is 10.1 Å². The number of amides is 2. The highest BCUT2D eigenvalue weighted by Crippen LogP contribution is 2.37. The summed E-state index contributed by atoms with van der Waals surface area (Å²) in [6.07, 6.45) is 0. The summed E-state index contributed by atoms with van der Waals surface area (Å²) in [4.78, 5) is 24.6. The molecule has 0 radical (unpaired) electrons. The zero-order valence-electron chi connectivity index (χ0n) is 15.0. The second-order valence-corrected chi connectivity index (χ2v) is 7.67. The molecule has 1 heterocycles. The van der Waals surface area contributed by atoms with Crippen molar-refractivity contribution in [3.05, 3.63) is 56.9 Å². The van der Waals surface area contributed by atoms with E-state index in [1.807, 2.05) is 6.92 Å². The van der Waals surface area contributed by atoms with Crippen LogP contribution in [0.1, 0.15) is 15.2 Å². The molecule has 0 saturated carbocycles. The Hall–Kier alpha value is -2.48. The van der Waals surface area contributed by atoms with Gasteiger partial charge in [0.15, 0.2) is 6.61 Å². The fraction of sp³-hybridized carbons (Fsp3) is 0.158. The number of methoxy groups -OCH3 is 1. The third-order valence-corrected chi connectivity index (χ3v) is 5.75. The van der Waals surface area contributed by atoms with E-state index in [2.05, 4.69) is 10.9 Å². The molecule has 1 aromatic heterocycles. The van der Waals surface area contributed by atoms with Crippen molar-refractivity contribution in [3.63, 3.8) is 0 Å². The largest absolute Gasteiger partial charge is 0.497 e. The lowest BCUT2D eigenvalue weighted by atomic mass is 10.2. The van der Waals surface area contributed by atoms with Crippen molar-refractivity contribution in [2.24, 2.45) is 0 Å². The molecule has 9 heteroatoms. The van der Waals surface area contributed by atoms with E-state index < -0.39 is 11.8 Å². The van der Waals surface area contributed by atoms with Crippen molar-refractivity contribution < 1.29 is 19.1 Å². The second kappa shape index (κ2) is 8.68. The van der Waals surface area contributed by atoms with Crippen molar-refractivity contribution in [2.75, 3.05) is 13.7 Å². The Bertz CT molecular complexity index is 1050.